The molecule has 8 nitrogen and oxygen atoms in total. The Labute approximate surface area is 210 Å². The Morgan fingerprint density at radius 2 is 1.74 bits per heavy atom. The highest BCUT2D eigenvalue weighted by Gasteiger charge is 2.34. The smallest absolute Gasteiger partial charge is 0.338 e. The number of allylic oxidation sites excluding steroid dienone is 1. The summed E-state index contributed by atoms with van der Waals surface area (Å²) in [5.74, 6) is 0.799. The number of carbonyl (C=O) groups is 1. The molecular formula is C25H23ClN2O6S. The average molecular weight is 515 g/mol. The predicted molar refractivity (Wildman–Crippen MR) is 133 cm³/mol. The first-order chi connectivity index (χ1) is 16.8. The monoisotopic (exact) mass is 514 g/mol. The zero-order valence-corrected chi connectivity index (χ0v) is 21.3. The van der Waals surface area contributed by atoms with Crippen molar-refractivity contribution in [1.82, 2.24) is 4.57 Å². The molecule has 0 saturated heterocycles. The zero-order chi connectivity index (χ0) is 25.3. The fourth-order valence-electron chi connectivity index (χ4n) is 4.02. The third kappa shape index (κ3) is 4.33. The van der Waals surface area contributed by atoms with E-state index in [1.807, 2.05) is 0 Å². The molecule has 0 amide bonds. The van der Waals surface area contributed by atoms with E-state index in [9.17, 15) is 9.59 Å². The summed E-state index contributed by atoms with van der Waals surface area (Å²) in [6, 6.07) is 9.80. The van der Waals surface area contributed by atoms with Crippen molar-refractivity contribution in [3.05, 3.63) is 83.5 Å². The number of rotatable bonds is 6. The minimum absolute atomic E-state index is 0.257. The number of carbonyl (C=O) groups excluding carboxylic acids is 1. The molecule has 4 rings (SSSR count). The van der Waals surface area contributed by atoms with Gasteiger partial charge in [0.2, 0.25) is 5.75 Å². The van der Waals surface area contributed by atoms with E-state index in [-0.39, 0.29) is 11.1 Å². The maximum atomic E-state index is 13.7. The second-order valence-electron chi connectivity index (χ2n) is 7.55. The van der Waals surface area contributed by atoms with E-state index in [4.69, 9.17) is 30.5 Å². The van der Waals surface area contributed by atoms with Crippen molar-refractivity contribution in [2.45, 2.75) is 13.0 Å². The van der Waals surface area contributed by atoms with Crippen molar-refractivity contribution in [2.75, 3.05) is 28.4 Å². The molecule has 0 bridgehead atoms. The fourth-order valence-corrected chi connectivity index (χ4v) is 5.31. The summed E-state index contributed by atoms with van der Waals surface area (Å²) in [4.78, 5) is 31.4. The summed E-state index contributed by atoms with van der Waals surface area (Å²) >= 11 is 7.71. The van der Waals surface area contributed by atoms with Crippen LogP contribution in [0.15, 0.2) is 57.5 Å². The first kappa shape index (κ1) is 24.6. The molecule has 0 aliphatic carbocycles. The highest BCUT2D eigenvalue weighted by Crippen LogP contribution is 2.38. The number of nitrogens with zero attached hydrogens (tertiary/aromatic N) is 2. The lowest BCUT2D eigenvalue weighted by atomic mass is 9.96. The van der Waals surface area contributed by atoms with Gasteiger partial charge in [-0.05, 0) is 42.3 Å². The molecule has 0 radical (unpaired) electrons. The molecule has 1 unspecified atom stereocenters. The highest BCUT2D eigenvalue weighted by atomic mass is 35.5. The number of benzene rings is 2. The van der Waals surface area contributed by atoms with Crippen molar-refractivity contribution >= 4 is 35.0 Å². The maximum absolute atomic E-state index is 13.7. The number of thiazole rings is 1. The number of methoxy groups -OCH3 is 4. The standard InChI is InChI=1S/C25H23ClN2O6S/c1-13-20(24(30)34-5)21(15-8-6-7-9-16(15)26)28-23(29)19(35-25(28)27-13)12-14-10-17(31-2)22(33-4)18(11-14)32-3/h6-12,21H,1-5H3. The minimum atomic E-state index is -0.783. The number of hydrogen-bond acceptors (Lipinski definition) is 8. The van der Waals surface area contributed by atoms with Gasteiger partial charge < -0.3 is 18.9 Å². The molecule has 1 aliphatic rings. The van der Waals surface area contributed by atoms with Crippen molar-refractivity contribution < 1.29 is 23.7 Å². The molecule has 10 heteroatoms. The molecule has 2 heterocycles. The largest absolute Gasteiger partial charge is 0.493 e. The van der Waals surface area contributed by atoms with E-state index in [1.165, 1.54) is 44.3 Å². The second-order valence-corrected chi connectivity index (χ2v) is 8.97. The molecule has 2 aromatic carbocycles. The Balaban J connectivity index is 1.98. The molecule has 0 spiro atoms. The third-order valence-corrected chi connectivity index (χ3v) is 6.94. The molecule has 3 aromatic rings. The number of hydrogen-bond donors (Lipinski definition) is 0. The third-order valence-electron chi connectivity index (χ3n) is 5.61. The first-order valence-corrected chi connectivity index (χ1v) is 11.7. The minimum Gasteiger partial charge on any atom is -0.493 e. The number of halogens is 1. The Morgan fingerprint density at radius 1 is 1.09 bits per heavy atom. The van der Waals surface area contributed by atoms with Crippen LogP contribution in [0, 0.1) is 0 Å². The number of ether oxygens (including phenoxy) is 4. The van der Waals surface area contributed by atoms with Gasteiger partial charge >= 0.3 is 5.97 Å². The highest BCUT2D eigenvalue weighted by molar-refractivity contribution is 7.07. The number of aromatic nitrogens is 1. The SMILES string of the molecule is COC(=O)C1=C(C)N=c2sc(=Cc3cc(OC)c(OC)c(OC)c3)c(=O)n2C1c1ccccc1Cl. The lowest BCUT2D eigenvalue weighted by Gasteiger charge is -2.25. The van der Waals surface area contributed by atoms with Crippen LogP contribution in [-0.2, 0) is 9.53 Å². The molecule has 0 fully saturated rings. The predicted octanol–water partition coefficient (Wildman–Crippen LogP) is 3.09. The van der Waals surface area contributed by atoms with Gasteiger partial charge in [0.05, 0.1) is 44.2 Å². The van der Waals surface area contributed by atoms with Gasteiger partial charge in [-0.2, -0.15) is 0 Å². The van der Waals surface area contributed by atoms with E-state index in [0.717, 1.165) is 0 Å². The van der Waals surface area contributed by atoms with Crippen LogP contribution in [0.25, 0.3) is 6.08 Å². The normalized spacial score (nSPS) is 15.4. The van der Waals surface area contributed by atoms with E-state index < -0.39 is 12.0 Å². The van der Waals surface area contributed by atoms with Crippen LogP contribution in [-0.4, -0.2) is 39.0 Å². The zero-order valence-electron chi connectivity index (χ0n) is 19.7. The van der Waals surface area contributed by atoms with E-state index in [2.05, 4.69) is 4.99 Å². The van der Waals surface area contributed by atoms with Gasteiger partial charge in [0, 0.05) is 5.02 Å². The topological polar surface area (TPSA) is 88.4 Å². The molecule has 182 valence electrons. The van der Waals surface area contributed by atoms with Crippen LogP contribution in [0.1, 0.15) is 24.1 Å². The quantitative estimate of drug-likeness (QED) is 0.470. The van der Waals surface area contributed by atoms with Gasteiger partial charge in [-0.1, -0.05) is 41.1 Å². The molecule has 1 atom stereocenters. The van der Waals surface area contributed by atoms with Gasteiger partial charge in [0.25, 0.3) is 5.56 Å². The molecule has 0 N–H and O–H groups in total. The van der Waals surface area contributed by atoms with Gasteiger partial charge in [-0.25, -0.2) is 9.79 Å². The summed E-state index contributed by atoms with van der Waals surface area (Å²) in [7, 11) is 5.86. The van der Waals surface area contributed by atoms with E-state index in [0.29, 0.717) is 48.4 Å². The summed E-state index contributed by atoms with van der Waals surface area (Å²) in [6.07, 6.45) is 1.72. The van der Waals surface area contributed by atoms with Crippen molar-refractivity contribution in [3.8, 4) is 17.2 Å². The van der Waals surface area contributed by atoms with Gasteiger partial charge in [-0.15, -0.1) is 0 Å². The summed E-state index contributed by atoms with van der Waals surface area (Å²) in [6.45, 7) is 1.71. The number of esters is 1. The van der Waals surface area contributed by atoms with Gasteiger partial charge in [-0.3, -0.25) is 9.36 Å². The molecule has 1 aliphatic heterocycles. The Hall–Kier alpha value is -3.56. The maximum Gasteiger partial charge on any atom is 0.338 e. The van der Waals surface area contributed by atoms with Crippen LogP contribution >= 0.6 is 22.9 Å². The van der Waals surface area contributed by atoms with Crippen LogP contribution in [0.4, 0.5) is 0 Å². The Kier molecular flexibility index (Phi) is 7.00. The summed E-state index contributed by atoms with van der Waals surface area (Å²) in [5, 5.41) is 0.424. The van der Waals surface area contributed by atoms with Crippen LogP contribution in [0.2, 0.25) is 5.02 Å². The van der Waals surface area contributed by atoms with E-state index >= 15 is 0 Å². The Bertz CT molecular complexity index is 1500. The molecular weight excluding hydrogens is 492 g/mol. The second kappa shape index (κ2) is 9.97. The average Bonchev–Trinajstić information content (AvgIpc) is 3.16. The lowest BCUT2D eigenvalue weighted by Crippen LogP contribution is -2.39. The van der Waals surface area contributed by atoms with Gasteiger partial charge in [0.15, 0.2) is 16.3 Å². The molecule has 1 aromatic heterocycles. The van der Waals surface area contributed by atoms with E-state index in [1.54, 1.807) is 49.4 Å². The number of fused-ring (bicyclic) bond motifs is 1. The summed E-state index contributed by atoms with van der Waals surface area (Å²) in [5.41, 5.74) is 1.67. The van der Waals surface area contributed by atoms with Crippen LogP contribution in [0.3, 0.4) is 0 Å². The fraction of sp³-hybridized carbons (Fsp3) is 0.240. The van der Waals surface area contributed by atoms with Crippen molar-refractivity contribution in [3.63, 3.8) is 0 Å². The van der Waals surface area contributed by atoms with Crippen molar-refractivity contribution in [1.29, 1.82) is 0 Å². The van der Waals surface area contributed by atoms with Crippen LogP contribution < -0.4 is 29.1 Å². The summed E-state index contributed by atoms with van der Waals surface area (Å²) < 4.78 is 23.1. The Morgan fingerprint density at radius 3 is 2.31 bits per heavy atom. The molecule has 0 saturated carbocycles. The first-order valence-electron chi connectivity index (χ1n) is 10.5. The van der Waals surface area contributed by atoms with Crippen LogP contribution in [0.5, 0.6) is 17.2 Å². The lowest BCUT2D eigenvalue weighted by molar-refractivity contribution is -0.136. The van der Waals surface area contributed by atoms with Gasteiger partial charge in [0.1, 0.15) is 6.04 Å². The molecule has 35 heavy (non-hydrogen) atoms. The van der Waals surface area contributed by atoms with Crippen molar-refractivity contribution in [2.24, 2.45) is 4.99 Å².